The van der Waals surface area contributed by atoms with E-state index in [1.54, 1.807) is 6.07 Å². The van der Waals surface area contributed by atoms with E-state index < -0.39 is 0 Å². The number of aryl methyl sites for hydroxylation is 1. The Bertz CT molecular complexity index is 811. The van der Waals surface area contributed by atoms with Gasteiger partial charge in [-0.2, -0.15) is 0 Å². The van der Waals surface area contributed by atoms with E-state index in [1.165, 1.54) is 4.80 Å². The molecule has 0 aliphatic rings. The quantitative estimate of drug-likeness (QED) is 0.751. The minimum atomic E-state index is 0.193. The van der Waals surface area contributed by atoms with E-state index in [-0.39, 0.29) is 5.75 Å². The summed E-state index contributed by atoms with van der Waals surface area (Å²) in [5.41, 5.74) is 3.21. The van der Waals surface area contributed by atoms with Crippen LogP contribution in [0.1, 0.15) is 32.3 Å². The SMILES string of the molecule is CCCOc1ccc2nn(-c3ccc(CCC)cc3O)nc2c1. The topological polar surface area (TPSA) is 60.2 Å². The summed E-state index contributed by atoms with van der Waals surface area (Å²) in [5.74, 6) is 0.979. The number of aromatic nitrogens is 3. The summed E-state index contributed by atoms with van der Waals surface area (Å²) < 4.78 is 5.62. The molecule has 0 saturated carbocycles. The summed E-state index contributed by atoms with van der Waals surface area (Å²) in [7, 11) is 0. The molecule has 0 aliphatic carbocycles. The highest BCUT2D eigenvalue weighted by Crippen LogP contribution is 2.25. The summed E-state index contributed by atoms with van der Waals surface area (Å²) >= 11 is 0. The lowest BCUT2D eigenvalue weighted by molar-refractivity contribution is 0.318. The minimum absolute atomic E-state index is 0.193. The van der Waals surface area contributed by atoms with Crippen molar-refractivity contribution in [1.82, 2.24) is 15.0 Å². The van der Waals surface area contributed by atoms with Gasteiger partial charge in [0, 0.05) is 6.07 Å². The van der Waals surface area contributed by atoms with Crippen molar-refractivity contribution >= 4 is 11.0 Å². The zero-order chi connectivity index (χ0) is 16.2. The lowest BCUT2D eigenvalue weighted by Crippen LogP contribution is -1.99. The molecule has 0 fully saturated rings. The fraction of sp³-hybridized carbons (Fsp3) is 0.333. The third kappa shape index (κ3) is 3.28. The van der Waals surface area contributed by atoms with Gasteiger partial charge in [-0.15, -0.1) is 15.0 Å². The molecule has 1 N–H and O–H groups in total. The standard InChI is InChI=1S/C18H21N3O2/c1-3-5-13-6-9-17(18(22)11-13)21-19-15-8-7-14(23-10-4-2)12-16(15)20-21/h6-9,11-12,22H,3-5,10H2,1-2H3. The Kier molecular flexibility index (Phi) is 4.46. The van der Waals surface area contributed by atoms with Crippen molar-refractivity contribution in [2.24, 2.45) is 0 Å². The molecule has 3 aromatic rings. The molecule has 120 valence electrons. The summed E-state index contributed by atoms with van der Waals surface area (Å²) in [6.45, 7) is 4.87. The molecule has 0 radical (unpaired) electrons. The van der Waals surface area contributed by atoms with Gasteiger partial charge >= 0.3 is 0 Å². The third-order valence-electron chi connectivity index (χ3n) is 3.62. The van der Waals surface area contributed by atoms with Crippen LogP contribution in [0.25, 0.3) is 16.7 Å². The van der Waals surface area contributed by atoms with Crippen molar-refractivity contribution in [3.8, 4) is 17.2 Å². The summed E-state index contributed by atoms with van der Waals surface area (Å²) in [6, 6.07) is 11.3. The van der Waals surface area contributed by atoms with Crippen LogP contribution in [0, 0.1) is 0 Å². The minimum Gasteiger partial charge on any atom is -0.506 e. The number of benzene rings is 2. The van der Waals surface area contributed by atoms with Crippen LogP contribution < -0.4 is 4.74 Å². The number of hydrogen-bond acceptors (Lipinski definition) is 4. The van der Waals surface area contributed by atoms with Gasteiger partial charge in [-0.3, -0.25) is 0 Å². The van der Waals surface area contributed by atoms with Crippen LogP contribution in [0.15, 0.2) is 36.4 Å². The Hall–Kier alpha value is -2.56. The highest BCUT2D eigenvalue weighted by molar-refractivity contribution is 5.75. The van der Waals surface area contributed by atoms with Crippen molar-refractivity contribution in [3.05, 3.63) is 42.0 Å². The molecule has 2 aromatic carbocycles. The van der Waals surface area contributed by atoms with Crippen LogP contribution in [0.2, 0.25) is 0 Å². The Morgan fingerprint density at radius 1 is 1.00 bits per heavy atom. The fourth-order valence-electron chi connectivity index (χ4n) is 2.49. The molecule has 23 heavy (non-hydrogen) atoms. The smallest absolute Gasteiger partial charge is 0.143 e. The van der Waals surface area contributed by atoms with E-state index in [9.17, 15) is 5.11 Å². The summed E-state index contributed by atoms with van der Waals surface area (Å²) in [5, 5.41) is 19.1. The van der Waals surface area contributed by atoms with E-state index in [1.807, 2.05) is 30.3 Å². The maximum Gasteiger partial charge on any atom is 0.143 e. The lowest BCUT2D eigenvalue weighted by atomic mass is 10.1. The van der Waals surface area contributed by atoms with Crippen molar-refractivity contribution in [2.45, 2.75) is 33.1 Å². The number of fused-ring (bicyclic) bond motifs is 1. The maximum atomic E-state index is 10.2. The van der Waals surface area contributed by atoms with Gasteiger partial charge in [0.15, 0.2) is 0 Å². The first-order chi connectivity index (χ1) is 11.2. The molecule has 0 spiro atoms. The normalized spacial score (nSPS) is 11.0. The Morgan fingerprint density at radius 2 is 1.83 bits per heavy atom. The third-order valence-corrected chi connectivity index (χ3v) is 3.62. The zero-order valence-corrected chi connectivity index (χ0v) is 13.5. The van der Waals surface area contributed by atoms with E-state index in [4.69, 9.17) is 4.74 Å². The second kappa shape index (κ2) is 6.69. The Morgan fingerprint density at radius 3 is 2.57 bits per heavy atom. The molecular formula is C18H21N3O2. The molecule has 3 rings (SSSR count). The molecule has 0 unspecified atom stereocenters. The van der Waals surface area contributed by atoms with Gasteiger partial charge in [0.25, 0.3) is 0 Å². The average molecular weight is 311 g/mol. The number of hydrogen-bond donors (Lipinski definition) is 1. The van der Waals surface area contributed by atoms with Crippen LogP contribution in [0.4, 0.5) is 0 Å². The van der Waals surface area contributed by atoms with Gasteiger partial charge in [0.1, 0.15) is 28.2 Å². The molecule has 0 bridgehead atoms. The monoisotopic (exact) mass is 311 g/mol. The van der Waals surface area contributed by atoms with Gasteiger partial charge in [-0.05, 0) is 42.7 Å². The lowest BCUT2D eigenvalue weighted by Gasteiger charge is -2.05. The molecule has 0 amide bonds. The van der Waals surface area contributed by atoms with Crippen LogP contribution in [0.3, 0.4) is 0 Å². The van der Waals surface area contributed by atoms with Gasteiger partial charge in [-0.25, -0.2) is 0 Å². The van der Waals surface area contributed by atoms with Crippen LogP contribution in [-0.4, -0.2) is 26.7 Å². The van der Waals surface area contributed by atoms with E-state index in [2.05, 4.69) is 24.0 Å². The van der Waals surface area contributed by atoms with Crippen molar-refractivity contribution in [1.29, 1.82) is 0 Å². The van der Waals surface area contributed by atoms with E-state index in [0.717, 1.165) is 41.6 Å². The molecule has 0 aliphatic heterocycles. The highest BCUT2D eigenvalue weighted by Gasteiger charge is 2.10. The first kappa shape index (κ1) is 15.3. The van der Waals surface area contributed by atoms with Crippen LogP contribution >= 0.6 is 0 Å². The predicted octanol–water partition coefficient (Wildman–Crippen LogP) is 3.87. The summed E-state index contributed by atoms with van der Waals surface area (Å²) in [6.07, 6.45) is 2.95. The zero-order valence-electron chi connectivity index (χ0n) is 13.5. The number of phenolic OH excluding ortho intramolecular Hbond substituents is 1. The summed E-state index contributed by atoms with van der Waals surface area (Å²) in [4.78, 5) is 1.47. The molecule has 1 aromatic heterocycles. The van der Waals surface area contributed by atoms with Gasteiger partial charge in [0.05, 0.1) is 6.61 Å². The van der Waals surface area contributed by atoms with Crippen molar-refractivity contribution in [2.75, 3.05) is 6.61 Å². The van der Waals surface area contributed by atoms with Crippen LogP contribution in [0.5, 0.6) is 11.5 Å². The Labute approximate surface area is 135 Å². The van der Waals surface area contributed by atoms with Gasteiger partial charge in [-0.1, -0.05) is 26.3 Å². The predicted molar refractivity (Wildman–Crippen MR) is 90.3 cm³/mol. The number of nitrogens with zero attached hydrogens (tertiary/aromatic N) is 3. The van der Waals surface area contributed by atoms with Crippen molar-refractivity contribution < 1.29 is 9.84 Å². The first-order valence-electron chi connectivity index (χ1n) is 8.03. The van der Waals surface area contributed by atoms with Gasteiger partial charge in [0.2, 0.25) is 0 Å². The number of rotatable bonds is 6. The molecule has 5 nitrogen and oxygen atoms in total. The van der Waals surface area contributed by atoms with E-state index in [0.29, 0.717) is 12.3 Å². The number of ether oxygens (including phenoxy) is 1. The van der Waals surface area contributed by atoms with Gasteiger partial charge < -0.3 is 9.84 Å². The molecule has 1 heterocycles. The molecular weight excluding hydrogens is 290 g/mol. The van der Waals surface area contributed by atoms with Crippen molar-refractivity contribution in [3.63, 3.8) is 0 Å². The van der Waals surface area contributed by atoms with Crippen LogP contribution in [-0.2, 0) is 6.42 Å². The fourth-order valence-corrected chi connectivity index (χ4v) is 2.49. The number of aromatic hydroxyl groups is 1. The number of phenols is 1. The maximum absolute atomic E-state index is 10.2. The largest absolute Gasteiger partial charge is 0.506 e. The average Bonchev–Trinajstić information content (AvgIpc) is 2.96. The first-order valence-corrected chi connectivity index (χ1v) is 8.03. The molecule has 0 saturated heterocycles. The molecule has 0 atom stereocenters. The second-order valence-electron chi connectivity index (χ2n) is 5.56. The van der Waals surface area contributed by atoms with E-state index >= 15 is 0 Å². The molecule has 5 heteroatoms. The Balaban J connectivity index is 1.93. The second-order valence-corrected chi connectivity index (χ2v) is 5.56. The highest BCUT2D eigenvalue weighted by atomic mass is 16.5.